The number of ketones is 1. The molecule has 1 N–H and O–H groups in total. The Balaban J connectivity index is 1.52. The normalized spacial score (nSPS) is 16.2. The van der Waals surface area contributed by atoms with Crippen LogP contribution in [0, 0.1) is 0 Å². The Kier molecular flexibility index (Phi) is 4.69. The molecular weight excluding hydrogens is 350 g/mol. The Morgan fingerprint density at radius 3 is 2.85 bits per heavy atom. The first-order valence-corrected chi connectivity index (χ1v) is 9.52. The molecule has 1 unspecified atom stereocenters. The summed E-state index contributed by atoms with van der Waals surface area (Å²) in [5.41, 5.74) is 1.69. The van der Waals surface area contributed by atoms with Crippen LogP contribution in [0.1, 0.15) is 17.3 Å². The zero-order valence-electron chi connectivity index (χ0n) is 14.8. The van der Waals surface area contributed by atoms with Crippen LogP contribution in [0.25, 0.3) is 10.9 Å². The third-order valence-electron chi connectivity index (χ3n) is 4.61. The number of Topliss-reactive ketones (excluding diaryl/α,β-unsaturated/α-hetero) is 1. The summed E-state index contributed by atoms with van der Waals surface area (Å²) in [7, 11) is 1.94. The van der Waals surface area contributed by atoms with Crippen LogP contribution >= 0.6 is 11.8 Å². The molecule has 2 aromatic heterocycles. The summed E-state index contributed by atoms with van der Waals surface area (Å²) in [6.07, 6.45) is 1.79. The molecule has 0 amide bonds. The van der Waals surface area contributed by atoms with E-state index in [9.17, 15) is 4.79 Å². The highest BCUT2D eigenvalue weighted by atomic mass is 32.2. The highest BCUT2D eigenvalue weighted by Crippen LogP contribution is 2.28. The van der Waals surface area contributed by atoms with Crippen LogP contribution in [0.4, 0.5) is 5.95 Å². The monoisotopic (exact) mass is 371 g/mol. The van der Waals surface area contributed by atoms with Gasteiger partial charge in [-0.2, -0.15) is 0 Å². The quantitative estimate of drug-likeness (QED) is 0.549. The van der Waals surface area contributed by atoms with Gasteiger partial charge in [-0.25, -0.2) is 0 Å². The molecule has 8 heteroatoms. The predicted octanol–water partition coefficient (Wildman–Crippen LogP) is 2.50. The molecule has 26 heavy (non-hydrogen) atoms. The molecule has 3 heterocycles. The molecule has 1 atom stereocenters. The molecule has 136 valence electrons. The fourth-order valence-corrected chi connectivity index (χ4v) is 4.03. The second-order valence-electron chi connectivity index (χ2n) is 6.31. The molecule has 0 bridgehead atoms. The number of hydrogen-bond donors (Lipinski definition) is 1. The van der Waals surface area contributed by atoms with Gasteiger partial charge in [-0.3, -0.25) is 9.36 Å². The minimum atomic E-state index is -0.255. The SMILES string of the molecule is CC(Sc1nnc(N2CCOCC2)n1C)C(=O)c1c[nH]c2ccccc12. The molecule has 1 aliphatic rings. The zero-order valence-corrected chi connectivity index (χ0v) is 15.6. The third kappa shape index (κ3) is 3.10. The Morgan fingerprint density at radius 1 is 1.27 bits per heavy atom. The van der Waals surface area contributed by atoms with Gasteiger partial charge in [-0.05, 0) is 13.0 Å². The van der Waals surface area contributed by atoms with Gasteiger partial charge in [-0.15, -0.1) is 10.2 Å². The molecule has 1 aromatic carbocycles. The van der Waals surface area contributed by atoms with Crippen molar-refractivity contribution < 1.29 is 9.53 Å². The lowest BCUT2D eigenvalue weighted by atomic mass is 10.1. The van der Waals surface area contributed by atoms with Crippen molar-refractivity contribution in [2.75, 3.05) is 31.2 Å². The van der Waals surface area contributed by atoms with Crippen LogP contribution in [0.5, 0.6) is 0 Å². The summed E-state index contributed by atoms with van der Waals surface area (Å²) >= 11 is 1.44. The van der Waals surface area contributed by atoms with E-state index in [-0.39, 0.29) is 11.0 Å². The summed E-state index contributed by atoms with van der Waals surface area (Å²) < 4.78 is 7.34. The smallest absolute Gasteiger partial charge is 0.227 e. The lowest BCUT2D eigenvalue weighted by Crippen LogP contribution is -2.37. The van der Waals surface area contributed by atoms with Crippen molar-refractivity contribution in [2.45, 2.75) is 17.3 Å². The fourth-order valence-electron chi connectivity index (χ4n) is 3.15. The first-order valence-electron chi connectivity index (χ1n) is 8.64. The first kappa shape index (κ1) is 17.1. The lowest BCUT2D eigenvalue weighted by molar-refractivity contribution is 0.0995. The lowest BCUT2D eigenvalue weighted by Gasteiger charge is -2.27. The van der Waals surface area contributed by atoms with Crippen molar-refractivity contribution in [3.63, 3.8) is 0 Å². The molecule has 1 saturated heterocycles. The van der Waals surface area contributed by atoms with Gasteiger partial charge in [0.05, 0.1) is 18.5 Å². The van der Waals surface area contributed by atoms with Crippen molar-refractivity contribution in [3.05, 3.63) is 36.0 Å². The van der Waals surface area contributed by atoms with Crippen LogP contribution in [-0.4, -0.2) is 57.1 Å². The zero-order chi connectivity index (χ0) is 18.1. The average Bonchev–Trinajstić information content (AvgIpc) is 3.26. The van der Waals surface area contributed by atoms with Gasteiger partial charge in [0.25, 0.3) is 0 Å². The maximum atomic E-state index is 12.9. The number of nitrogens with zero attached hydrogens (tertiary/aromatic N) is 4. The Morgan fingerprint density at radius 2 is 2.04 bits per heavy atom. The standard InChI is InChI=1S/C18H21N5O2S/c1-12(16(24)14-11-19-15-6-4-3-5-13(14)15)26-18-21-20-17(22(18)2)23-7-9-25-10-8-23/h3-6,11-12,19H,7-10H2,1-2H3. The van der Waals surface area contributed by atoms with E-state index in [0.717, 1.165) is 40.7 Å². The molecule has 0 spiro atoms. The van der Waals surface area contributed by atoms with Crippen molar-refractivity contribution in [1.29, 1.82) is 0 Å². The number of fused-ring (bicyclic) bond motifs is 1. The Hall–Kier alpha value is -2.32. The van der Waals surface area contributed by atoms with Gasteiger partial charge in [-0.1, -0.05) is 30.0 Å². The first-order chi connectivity index (χ1) is 12.6. The molecule has 0 saturated carbocycles. The van der Waals surface area contributed by atoms with E-state index < -0.39 is 0 Å². The van der Waals surface area contributed by atoms with Gasteiger partial charge in [0.1, 0.15) is 0 Å². The number of ether oxygens (including phenoxy) is 1. The number of aromatic nitrogens is 4. The Bertz CT molecular complexity index is 929. The van der Waals surface area contributed by atoms with Gasteiger partial charge < -0.3 is 14.6 Å². The number of anilines is 1. The summed E-state index contributed by atoms with van der Waals surface area (Å²) in [6.45, 7) is 4.92. The van der Waals surface area contributed by atoms with Gasteiger partial charge in [0.15, 0.2) is 10.9 Å². The average molecular weight is 371 g/mol. The largest absolute Gasteiger partial charge is 0.378 e. The molecule has 7 nitrogen and oxygen atoms in total. The van der Waals surface area contributed by atoms with E-state index in [1.807, 2.05) is 42.8 Å². The number of carbonyl (C=O) groups is 1. The number of rotatable bonds is 5. The molecule has 3 aromatic rings. The number of thioether (sulfide) groups is 1. The van der Waals surface area contributed by atoms with Crippen molar-refractivity contribution in [3.8, 4) is 0 Å². The number of carbonyl (C=O) groups excluding carboxylic acids is 1. The fraction of sp³-hybridized carbons (Fsp3) is 0.389. The number of para-hydroxylation sites is 1. The van der Waals surface area contributed by atoms with E-state index in [2.05, 4.69) is 20.1 Å². The van der Waals surface area contributed by atoms with Crippen LogP contribution in [-0.2, 0) is 11.8 Å². The van der Waals surface area contributed by atoms with Gasteiger partial charge >= 0.3 is 0 Å². The minimum absolute atomic E-state index is 0.0865. The minimum Gasteiger partial charge on any atom is -0.378 e. The molecule has 4 rings (SSSR count). The third-order valence-corrected chi connectivity index (χ3v) is 5.75. The van der Waals surface area contributed by atoms with Crippen LogP contribution in [0.2, 0.25) is 0 Å². The summed E-state index contributed by atoms with van der Waals surface area (Å²) in [5, 5.41) is 10.0. The van der Waals surface area contributed by atoms with E-state index in [1.54, 1.807) is 6.20 Å². The van der Waals surface area contributed by atoms with Crippen LogP contribution in [0.3, 0.4) is 0 Å². The molecule has 0 radical (unpaired) electrons. The predicted molar refractivity (Wildman–Crippen MR) is 102 cm³/mol. The Labute approximate surface area is 155 Å². The maximum Gasteiger partial charge on any atom is 0.227 e. The van der Waals surface area contributed by atoms with E-state index in [4.69, 9.17) is 4.74 Å². The van der Waals surface area contributed by atoms with Crippen LogP contribution in [0.15, 0.2) is 35.6 Å². The number of hydrogen-bond acceptors (Lipinski definition) is 6. The van der Waals surface area contributed by atoms with Crippen molar-refractivity contribution in [2.24, 2.45) is 7.05 Å². The summed E-state index contributed by atoms with van der Waals surface area (Å²) in [5.74, 6) is 0.908. The molecule has 1 aliphatic heterocycles. The molecule has 1 fully saturated rings. The summed E-state index contributed by atoms with van der Waals surface area (Å²) in [4.78, 5) is 18.2. The number of benzene rings is 1. The van der Waals surface area contributed by atoms with Gasteiger partial charge in [0.2, 0.25) is 5.95 Å². The second-order valence-corrected chi connectivity index (χ2v) is 7.62. The maximum absolute atomic E-state index is 12.9. The van der Waals surface area contributed by atoms with E-state index in [0.29, 0.717) is 13.2 Å². The van der Waals surface area contributed by atoms with E-state index >= 15 is 0 Å². The topological polar surface area (TPSA) is 76.0 Å². The molecule has 0 aliphatic carbocycles. The number of morpholine rings is 1. The van der Waals surface area contributed by atoms with Crippen molar-refractivity contribution in [1.82, 2.24) is 19.7 Å². The molecular formula is C18H21N5O2S. The highest BCUT2D eigenvalue weighted by Gasteiger charge is 2.24. The van der Waals surface area contributed by atoms with Gasteiger partial charge in [0, 0.05) is 42.8 Å². The number of aromatic amines is 1. The number of nitrogens with one attached hydrogen (secondary N) is 1. The summed E-state index contributed by atoms with van der Waals surface area (Å²) in [6, 6.07) is 7.84. The highest BCUT2D eigenvalue weighted by molar-refractivity contribution is 8.00. The number of H-pyrrole nitrogens is 1. The second kappa shape index (κ2) is 7.13. The van der Waals surface area contributed by atoms with Crippen molar-refractivity contribution >= 4 is 34.4 Å². The van der Waals surface area contributed by atoms with E-state index in [1.165, 1.54) is 11.8 Å². The van der Waals surface area contributed by atoms with Crippen LogP contribution < -0.4 is 4.90 Å².